The first kappa shape index (κ1) is 13.2. The molecule has 2 aromatic heterocycles. The van der Waals surface area contributed by atoms with Crippen molar-refractivity contribution in [1.82, 2.24) is 9.97 Å². The largest absolute Gasteiger partial charge is 0.367 e. The summed E-state index contributed by atoms with van der Waals surface area (Å²) in [5, 5.41) is 15.9. The van der Waals surface area contributed by atoms with E-state index in [0.29, 0.717) is 12.4 Å². The molecule has 2 heterocycles. The van der Waals surface area contributed by atoms with Gasteiger partial charge in [-0.05, 0) is 11.4 Å². The highest BCUT2D eigenvalue weighted by Gasteiger charge is 2.24. The van der Waals surface area contributed by atoms with Gasteiger partial charge in [-0.3, -0.25) is 10.1 Å². The van der Waals surface area contributed by atoms with Gasteiger partial charge in [0.1, 0.15) is 6.33 Å². The average Bonchev–Trinajstić information content (AvgIpc) is 2.90. The van der Waals surface area contributed by atoms with Crippen LogP contribution in [0.15, 0.2) is 23.8 Å². The lowest BCUT2D eigenvalue weighted by Gasteiger charge is -2.17. The Labute approximate surface area is 114 Å². The zero-order valence-corrected chi connectivity index (χ0v) is 11.3. The minimum atomic E-state index is -0.466. The molecular weight excluding hydrogens is 266 g/mol. The van der Waals surface area contributed by atoms with Gasteiger partial charge in [0.25, 0.3) is 0 Å². The number of thiophene rings is 1. The van der Waals surface area contributed by atoms with Crippen LogP contribution in [0.2, 0.25) is 0 Å². The van der Waals surface area contributed by atoms with E-state index < -0.39 is 4.92 Å². The van der Waals surface area contributed by atoms with Crippen molar-refractivity contribution < 1.29 is 4.92 Å². The van der Waals surface area contributed by atoms with Crippen LogP contribution in [0, 0.1) is 10.1 Å². The molecule has 2 rings (SSSR count). The normalized spacial score (nSPS) is 10.2. The second kappa shape index (κ2) is 5.61. The quantitative estimate of drug-likeness (QED) is 0.666. The fraction of sp³-hybridized carbons (Fsp3) is 0.273. The van der Waals surface area contributed by atoms with Crippen molar-refractivity contribution in [3.05, 3.63) is 38.8 Å². The molecule has 0 aliphatic heterocycles. The van der Waals surface area contributed by atoms with Crippen LogP contribution >= 0.6 is 11.3 Å². The molecule has 0 fully saturated rings. The summed E-state index contributed by atoms with van der Waals surface area (Å²) in [6.07, 6.45) is 1.32. The van der Waals surface area contributed by atoms with Crippen molar-refractivity contribution in [2.75, 3.05) is 24.3 Å². The van der Waals surface area contributed by atoms with Crippen LogP contribution in [0.25, 0.3) is 0 Å². The first-order chi connectivity index (χ1) is 9.13. The molecule has 2 aromatic rings. The summed E-state index contributed by atoms with van der Waals surface area (Å²) in [6, 6.07) is 3.93. The van der Waals surface area contributed by atoms with Gasteiger partial charge in [-0.25, -0.2) is 9.97 Å². The number of nitro groups is 1. The number of rotatable bonds is 5. The summed E-state index contributed by atoms with van der Waals surface area (Å²) in [7, 11) is 3.37. The minimum absolute atomic E-state index is 0.107. The molecule has 100 valence electrons. The van der Waals surface area contributed by atoms with Crippen LogP contribution in [0.5, 0.6) is 0 Å². The fourth-order valence-electron chi connectivity index (χ4n) is 1.71. The van der Waals surface area contributed by atoms with E-state index in [4.69, 9.17) is 0 Å². The van der Waals surface area contributed by atoms with Gasteiger partial charge < -0.3 is 10.2 Å². The molecule has 0 bridgehead atoms. The molecule has 0 spiro atoms. The topological polar surface area (TPSA) is 84.2 Å². The summed E-state index contributed by atoms with van der Waals surface area (Å²) in [4.78, 5) is 21.5. The smallest absolute Gasteiger partial charge is 0.353 e. The Morgan fingerprint density at radius 1 is 1.53 bits per heavy atom. The molecule has 0 saturated heterocycles. The molecule has 0 aliphatic rings. The predicted molar refractivity (Wildman–Crippen MR) is 74.7 cm³/mol. The summed E-state index contributed by atoms with van der Waals surface area (Å²) in [5.74, 6) is 0.519. The monoisotopic (exact) mass is 279 g/mol. The van der Waals surface area contributed by atoms with Crippen LogP contribution in [0.1, 0.15) is 4.88 Å². The maximum atomic E-state index is 11.2. The standard InChI is InChI=1S/C11H13N5O2S/c1-12-10-9(16(17)18)11(14-7-13-10)15(2)6-8-4-3-5-19-8/h3-5,7H,6H2,1-2H3,(H,12,13,14). The van der Waals surface area contributed by atoms with E-state index in [1.807, 2.05) is 17.5 Å². The Hall–Kier alpha value is -2.22. The van der Waals surface area contributed by atoms with Crippen molar-refractivity contribution in [2.45, 2.75) is 6.54 Å². The molecule has 0 aliphatic carbocycles. The van der Waals surface area contributed by atoms with Gasteiger partial charge in [0.15, 0.2) is 0 Å². The third-order valence-corrected chi connectivity index (χ3v) is 3.42. The molecule has 0 atom stereocenters. The van der Waals surface area contributed by atoms with Crippen molar-refractivity contribution in [3.63, 3.8) is 0 Å². The van der Waals surface area contributed by atoms with Crippen molar-refractivity contribution >= 4 is 28.7 Å². The van der Waals surface area contributed by atoms with Crippen LogP contribution in [0.3, 0.4) is 0 Å². The Bertz CT molecular complexity index is 572. The van der Waals surface area contributed by atoms with Gasteiger partial charge >= 0.3 is 5.69 Å². The van der Waals surface area contributed by atoms with Crippen LogP contribution in [0.4, 0.5) is 17.3 Å². The molecule has 0 unspecified atom stereocenters. The molecule has 1 N–H and O–H groups in total. The molecule has 0 saturated carbocycles. The highest BCUT2D eigenvalue weighted by atomic mass is 32.1. The van der Waals surface area contributed by atoms with Gasteiger partial charge in [-0.15, -0.1) is 11.3 Å². The molecular formula is C11H13N5O2S. The first-order valence-electron chi connectivity index (χ1n) is 5.54. The zero-order chi connectivity index (χ0) is 13.8. The Morgan fingerprint density at radius 2 is 2.32 bits per heavy atom. The molecule has 0 amide bonds. The van der Waals surface area contributed by atoms with E-state index in [-0.39, 0.29) is 11.5 Å². The third kappa shape index (κ3) is 2.79. The average molecular weight is 279 g/mol. The Balaban J connectivity index is 2.35. The van der Waals surface area contributed by atoms with E-state index in [0.717, 1.165) is 4.88 Å². The van der Waals surface area contributed by atoms with Gasteiger partial charge in [-0.1, -0.05) is 6.07 Å². The second-order valence-electron chi connectivity index (χ2n) is 3.84. The number of nitrogens with zero attached hydrogens (tertiary/aromatic N) is 4. The molecule has 0 aromatic carbocycles. The van der Waals surface area contributed by atoms with Crippen LogP contribution in [-0.2, 0) is 6.54 Å². The van der Waals surface area contributed by atoms with Crippen LogP contribution in [-0.4, -0.2) is 29.0 Å². The third-order valence-electron chi connectivity index (χ3n) is 2.56. The molecule has 8 heteroatoms. The summed E-state index contributed by atoms with van der Waals surface area (Å²) in [5.41, 5.74) is -0.107. The van der Waals surface area contributed by atoms with Crippen LogP contribution < -0.4 is 10.2 Å². The fourth-order valence-corrected chi connectivity index (χ4v) is 2.47. The van der Waals surface area contributed by atoms with Gasteiger partial charge in [-0.2, -0.15) is 0 Å². The second-order valence-corrected chi connectivity index (χ2v) is 4.87. The van der Waals surface area contributed by atoms with Gasteiger partial charge in [0, 0.05) is 19.0 Å². The maximum Gasteiger partial charge on any atom is 0.353 e. The van der Waals surface area contributed by atoms with E-state index >= 15 is 0 Å². The highest BCUT2D eigenvalue weighted by molar-refractivity contribution is 7.09. The first-order valence-corrected chi connectivity index (χ1v) is 6.42. The zero-order valence-electron chi connectivity index (χ0n) is 10.5. The molecule has 0 radical (unpaired) electrons. The summed E-state index contributed by atoms with van der Waals surface area (Å²) in [6.45, 7) is 0.568. The lowest BCUT2D eigenvalue weighted by molar-refractivity contribution is -0.383. The SMILES string of the molecule is CNc1ncnc(N(C)Cc2cccs2)c1[N+](=O)[O-]. The van der Waals surface area contributed by atoms with Crippen molar-refractivity contribution in [2.24, 2.45) is 0 Å². The number of nitrogens with one attached hydrogen (secondary N) is 1. The summed E-state index contributed by atoms with van der Waals surface area (Å²) >= 11 is 1.60. The van der Waals surface area contributed by atoms with E-state index in [1.165, 1.54) is 6.33 Å². The molecule has 7 nitrogen and oxygen atoms in total. The number of hydrogen-bond acceptors (Lipinski definition) is 7. The van der Waals surface area contributed by atoms with E-state index in [9.17, 15) is 10.1 Å². The number of aromatic nitrogens is 2. The predicted octanol–water partition coefficient (Wildman–Crippen LogP) is 2.12. The summed E-state index contributed by atoms with van der Waals surface area (Å²) < 4.78 is 0. The highest BCUT2D eigenvalue weighted by Crippen LogP contribution is 2.31. The lowest BCUT2D eigenvalue weighted by atomic mass is 10.3. The maximum absolute atomic E-state index is 11.2. The Kier molecular flexibility index (Phi) is 3.91. The van der Waals surface area contributed by atoms with Crippen molar-refractivity contribution in [1.29, 1.82) is 0 Å². The Morgan fingerprint density at radius 3 is 2.89 bits per heavy atom. The lowest BCUT2D eigenvalue weighted by Crippen LogP contribution is -2.19. The van der Waals surface area contributed by atoms with Gasteiger partial charge in [0.2, 0.25) is 11.6 Å². The van der Waals surface area contributed by atoms with E-state index in [2.05, 4.69) is 15.3 Å². The van der Waals surface area contributed by atoms with Crippen molar-refractivity contribution in [3.8, 4) is 0 Å². The van der Waals surface area contributed by atoms with Gasteiger partial charge in [0.05, 0.1) is 11.5 Å². The molecule has 19 heavy (non-hydrogen) atoms. The number of hydrogen-bond donors (Lipinski definition) is 1. The number of anilines is 2. The minimum Gasteiger partial charge on any atom is -0.367 e. The van der Waals surface area contributed by atoms with E-state index in [1.54, 1.807) is 30.3 Å².